The smallest absolute Gasteiger partial charge is 0.287 e. The van der Waals surface area contributed by atoms with Crippen molar-refractivity contribution in [2.24, 2.45) is 0 Å². The number of amides is 1. The van der Waals surface area contributed by atoms with Crippen molar-refractivity contribution in [3.8, 4) is 11.5 Å². The van der Waals surface area contributed by atoms with Crippen LogP contribution in [0.25, 0.3) is 0 Å². The van der Waals surface area contributed by atoms with Crippen LogP contribution >= 0.6 is 0 Å². The number of hydrogen-bond acceptors (Lipinski definition) is 5. The standard InChI is InChI=1S/C16H19NO5/c1-19-10-9-17-16(18)15-8-7-12(22-15)11-21-14-6-4-3-5-13(14)20-2/h3-8H,9-11H2,1-2H3,(H,17,18). The van der Waals surface area contributed by atoms with Crippen molar-refractivity contribution < 1.29 is 23.4 Å². The van der Waals surface area contributed by atoms with E-state index in [1.807, 2.05) is 18.2 Å². The van der Waals surface area contributed by atoms with Crippen LogP contribution in [0, 0.1) is 0 Å². The molecule has 1 N–H and O–H groups in total. The molecule has 0 saturated heterocycles. The molecule has 118 valence electrons. The minimum absolute atomic E-state index is 0.214. The summed E-state index contributed by atoms with van der Waals surface area (Å²) in [6.45, 7) is 1.10. The molecule has 0 spiro atoms. The molecule has 2 aromatic rings. The lowest BCUT2D eigenvalue weighted by atomic mass is 10.3. The van der Waals surface area contributed by atoms with Gasteiger partial charge in [0.25, 0.3) is 5.91 Å². The molecule has 0 aliphatic rings. The third kappa shape index (κ3) is 4.26. The van der Waals surface area contributed by atoms with Gasteiger partial charge in [0.2, 0.25) is 0 Å². The first-order valence-corrected chi connectivity index (χ1v) is 6.86. The minimum atomic E-state index is -0.277. The monoisotopic (exact) mass is 305 g/mol. The van der Waals surface area contributed by atoms with Gasteiger partial charge in [-0.25, -0.2) is 0 Å². The molecule has 0 radical (unpaired) electrons. The van der Waals surface area contributed by atoms with Gasteiger partial charge in [-0.15, -0.1) is 0 Å². The molecule has 22 heavy (non-hydrogen) atoms. The Labute approximate surface area is 129 Å². The number of methoxy groups -OCH3 is 2. The second-order valence-electron chi connectivity index (χ2n) is 4.45. The SMILES string of the molecule is COCCNC(=O)c1ccc(COc2ccccc2OC)o1. The number of benzene rings is 1. The summed E-state index contributed by atoms with van der Waals surface area (Å²) in [6, 6.07) is 10.7. The molecule has 0 atom stereocenters. The number of rotatable bonds is 8. The summed E-state index contributed by atoms with van der Waals surface area (Å²) < 4.78 is 21.2. The Hall–Kier alpha value is -2.47. The fraction of sp³-hybridized carbons (Fsp3) is 0.312. The van der Waals surface area contributed by atoms with Crippen LogP contribution in [0.1, 0.15) is 16.3 Å². The van der Waals surface area contributed by atoms with Crippen LogP contribution in [-0.4, -0.2) is 33.3 Å². The third-order valence-electron chi connectivity index (χ3n) is 2.92. The van der Waals surface area contributed by atoms with Crippen LogP contribution in [0.4, 0.5) is 0 Å². The second-order valence-corrected chi connectivity index (χ2v) is 4.45. The van der Waals surface area contributed by atoms with Gasteiger partial charge in [0.15, 0.2) is 17.3 Å². The third-order valence-corrected chi connectivity index (χ3v) is 2.92. The average molecular weight is 305 g/mol. The number of para-hydroxylation sites is 2. The Bertz CT molecular complexity index is 608. The number of ether oxygens (including phenoxy) is 3. The highest BCUT2D eigenvalue weighted by atomic mass is 16.5. The molecule has 1 heterocycles. The molecule has 0 unspecified atom stereocenters. The first-order valence-electron chi connectivity index (χ1n) is 6.86. The number of carbonyl (C=O) groups is 1. The van der Waals surface area contributed by atoms with Crippen molar-refractivity contribution >= 4 is 5.91 Å². The molecule has 0 fully saturated rings. The zero-order valence-electron chi connectivity index (χ0n) is 12.6. The maximum absolute atomic E-state index is 11.8. The summed E-state index contributed by atoms with van der Waals surface area (Å²) >= 11 is 0. The lowest BCUT2D eigenvalue weighted by Gasteiger charge is -2.08. The molecule has 6 nitrogen and oxygen atoms in total. The average Bonchev–Trinajstić information content (AvgIpc) is 3.02. The van der Waals surface area contributed by atoms with E-state index in [9.17, 15) is 4.79 Å². The van der Waals surface area contributed by atoms with Gasteiger partial charge in [-0.1, -0.05) is 12.1 Å². The first kappa shape index (κ1) is 15.9. The maximum Gasteiger partial charge on any atom is 0.287 e. The van der Waals surface area contributed by atoms with Crippen molar-refractivity contribution in [3.05, 3.63) is 47.9 Å². The van der Waals surface area contributed by atoms with E-state index in [0.29, 0.717) is 30.4 Å². The maximum atomic E-state index is 11.8. The van der Waals surface area contributed by atoms with E-state index in [1.54, 1.807) is 32.4 Å². The van der Waals surface area contributed by atoms with Crippen molar-refractivity contribution in [2.45, 2.75) is 6.61 Å². The van der Waals surface area contributed by atoms with Crippen LogP contribution in [0.2, 0.25) is 0 Å². The number of carbonyl (C=O) groups excluding carboxylic acids is 1. The molecule has 1 amide bonds. The number of hydrogen-bond donors (Lipinski definition) is 1. The molecular weight excluding hydrogens is 286 g/mol. The molecule has 0 bridgehead atoms. The van der Waals surface area contributed by atoms with Gasteiger partial charge < -0.3 is 23.9 Å². The molecular formula is C16H19NO5. The fourth-order valence-corrected chi connectivity index (χ4v) is 1.82. The highest BCUT2D eigenvalue weighted by molar-refractivity contribution is 5.91. The summed E-state index contributed by atoms with van der Waals surface area (Å²) in [7, 11) is 3.16. The highest BCUT2D eigenvalue weighted by Gasteiger charge is 2.11. The van der Waals surface area contributed by atoms with E-state index in [1.165, 1.54) is 0 Å². The van der Waals surface area contributed by atoms with Crippen LogP contribution in [0.5, 0.6) is 11.5 Å². The predicted molar refractivity (Wildman–Crippen MR) is 80.2 cm³/mol. The minimum Gasteiger partial charge on any atom is -0.493 e. The summed E-state index contributed by atoms with van der Waals surface area (Å²) in [5.74, 6) is 1.79. The summed E-state index contributed by atoms with van der Waals surface area (Å²) in [5, 5.41) is 2.69. The van der Waals surface area contributed by atoms with Gasteiger partial charge in [-0.05, 0) is 24.3 Å². The van der Waals surface area contributed by atoms with Crippen LogP contribution in [-0.2, 0) is 11.3 Å². The molecule has 0 aliphatic carbocycles. The number of furan rings is 1. The van der Waals surface area contributed by atoms with E-state index >= 15 is 0 Å². The van der Waals surface area contributed by atoms with E-state index in [-0.39, 0.29) is 18.3 Å². The number of nitrogens with one attached hydrogen (secondary N) is 1. The van der Waals surface area contributed by atoms with Gasteiger partial charge in [-0.2, -0.15) is 0 Å². The largest absolute Gasteiger partial charge is 0.493 e. The predicted octanol–water partition coefficient (Wildman–Crippen LogP) is 2.24. The zero-order chi connectivity index (χ0) is 15.8. The first-order chi connectivity index (χ1) is 10.7. The van der Waals surface area contributed by atoms with Crippen LogP contribution in [0.3, 0.4) is 0 Å². The van der Waals surface area contributed by atoms with Gasteiger partial charge >= 0.3 is 0 Å². The molecule has 0 aliphatic heterocycles. The topological polar surface area (TPSA) is 69.9 Å². The van der Waals surface area contributed by atoms with E-state index in [4.69, 9.17) is 18.6 Å². The van der Waals surface area contributed by atoms with Crippen molar-refractivity contribution in [1.29, 1.82) is 0 Å². The van der Waals surface area contributed by atoms with Crippen LogP contribution in [0.15, 0.2) is 40.8 Å². The van der Waals surface area contributed by atoms with Gasteiger partial charge in [0.1, 0.15) is 12.4 Å². The Morgan fingerprint density at radius 3 is 2.64 bits per heavy atom. The van der Waals surface area contributed by atoms with E-state index in [0.717, 1.165) is 0 Å². The van der Waals surface area contributed by atoms with Crippen molar-refractivity contribution in [2.75, 3.05) is 27.4 Å². The lowest BCUT2D eigenvalue weighted by Crippen LogP contribution is -2.26. The summed E-state index contributed by atoms with van der Waals surface area (Å²) in [5.41, 5.74) is 0. The van der Waals surface area contributed by atoms with Gasteiger partial charge in [0.05, 0.1) is 13.7 Å². The lowest BCUT2D eigenvalue weighted by molar-refractivity contribution is 0.0905. The molecule has 1 aromatic carbocycles. The van der Waals surface area contributed by atoms with Crippen molar-refractivity contribution in [3.63, 3.8) is 0 Å². The van der Waals surface area contributed by atoms with Gasteiger partial charge in [0, 0.05) is 13.7 Å². The summed E-state index contributed by atoms with van der Waals surface area (Å²) in [6.07, 6.45) is 0. The van der Waals surface area contributed by atoms with E-state index < -0.39 is 0 Å². The molecule has 2 rings (SSSR count). The molecule has 1 aromatic heterocycles. The normalized spacial score (nSPS) is 10.3. The van der Waals surface area contributed by atoms with Crippen LogP contribution < -0.4 is 14.8 Å². The zero-order valence-corrected chi connectivity index (χ0v) is 12.6. The second kappa shape index (κ2) is 8.09. The fourth-order valence-electron chi connectivity index (χ4n) is 1.82. The van der Waals surface area contributed by atoms with Gasteiger partial charge in [-0.3, -0.25) is 4.79 Å². The molecule has 0 saturated carbocycles. The quantitative estimate of drug-likeness (QED) is 0.757. The highest BCUT2D eigenvalue weighted by Crippen LogP contribution is 2.26. The van der Waals surface area contributed by atoms with Crippen molar-refractivity contribution in [1.82, 2.24) is 5.32 Å². The molecule has 6 heteroatoms. The summed E-state index contributed by atoms with van der Waals surface area (Å²) in [4.78, 5) is 11.8. The Morgan fingerprint density at radius 2 is 1.91 bits per heavy atom. The Kier molecular flexibility index (Phi) is 5.85. The Morgan fingerprint density at radius 1 is 1.14 bits per heavy atom. The van der Waals surface area contributed by atoms with E-state index in [2.05, 4.69) is 5.32 Å². The Balaban J connectivity index is 1.90.